The molecule has 1 aromatic carbocycles. The molecule has 0 aliphatic carbocycles. The van der Waals surface area contributed by atoms with Gasteiger partial charge in [-0.05, 0) is 23.6 Å². The summed E-state index contributed by atoms with van der Waals surface area (Å²) < 4.78 is 0.846. The van der Waals surface area contributed by atoms with Crippen LogP contribution in [-0.2, 0) is 0 Å². The van der Waals surface area contributed by atoms with Crippen molar-refractivity contribution in [1.29, 1.82) is 0 Å². The Bertz CT molecular complexity index is 753. The van der Waals surface area contributed by atoms with E-state index >= 15 is 0 Å². The van der Waals surface area contributed by atoms with Crippen molar-refractivity contribution in [2.45, 2.75) is 0 Å². The third-order valence-electron chi connectivity index (χ3n) is 2.38. The highest BCUT2D eigenvalue weighted by Gasteiger charge is 2.12. The van der Waals surface area contributed by atoms with Crippen molar-refractivity contribution < 1.29 is 4.79 Å². The Morgan fingerprint density at radius 2 is 2.16 bits per heavy atom. The molecule has 0 saturated carbocycles. The molecule has 2 heterocycles. The van der Waals surface area contributed by atoms with Gasteiger partial charge in [0.15, 0.2) is 5.13 Å². The monoisotopic (exact) mass is 328 g/mol. The number of thiophene rings is 1. The van der Waals surface area contributed by atoms with E-state index in [0.29, 0.717) is 25.6 Å². The normalized spacial score (nSPS) is 10.8. The van der Waals surface area contributed by atoms with E-state index in [-0.39, 0.29) is 5.91 Å². The third-order valence-corrected chi connectivity index (χ3v) is 4.67. The third kappa shape index (κ3) is 2.60. The molecule has 0 radical (unpaired) electrons. The molecule has 3 nitrogen and oxygen atoms in total. The second-order valence-corrected chi connectivity index (χ2v) is 6.51. The molecule has 0 saturated heterocycles. The van der Waals surface area contributed by atoms with Crippen molar-refractivity contribution in [3.63, 3.8) is 0 Å². The van der Waals surface area contributed by atoms with E-state index in [1.54, 1.807) is 18.2 Å². The van der Waals surface area contributed by atoms with Gasteiger partial charge in [0.05, 0.1) is 14.6 Å². The quantitative estimate of drug-likeness (QED) is 0.725. The van der Waals surface area contributed by atoms with Gasteiger partial charge in [0.2, 0.25) is 0 Å². The number of carbonyl (C=O) groups is 1. The van der Waals surface area contributed by atoms with Gasteiger partial charge in [-0.2, -0.15) is 0 Å². The lowest BCUT2D eigenvalue weighted by atomic mass is 10.3. The fourth-order valence-electron chi connectivity index (χ4n) is 1.58. The lowest BCUT2D eigenvalue weighted by molar-refractivity contribution is 0.103. The molecular formula is C12H6Cl2N2OS2. The van der Waals surface area contributed by atoms with E-state index in [4.69, 9.17) is 23.2 Å². The number of amides is 1. The highest BCUT2D eigenvalue weighted by molar-refractivity contribution is 7.22. The van der Waals surface area contributed by atoms with Crippen LogP contribution >= 0.6 is 45.9 Å². The number of nitrogens with zero attached hydrogens (tertiary/aromatic N) is 1. The average Bonchev–Trinajstić information content (AvgIpc) is 2.96. The van der Waals surface area contributed by atoms with Gasteiger partial charge in [-0.1, -0.05) is 40.6 Å². The molecule has 0 aliphatic heterocycles. The summed E-state index contributed by atoms with van der Waals surface area (Å²) in [5, 5.41) is 6.16. The molecule has 7 heteroatoms. The molecule has 1 amide bonds. The molecule has 2 aromatic heterocycles. The van der Waals surface area contributed by atoms with Crippen molar-refractivity contribution in [3.8, 4) is 0 Å². The summed E-state index contributed by atoms with van der Waals surface area (Å²) in [4.78, 5) is 16.9. The van der Waals surface area contributed by atoms with E-state index in [9.17, 15) is 4.79 Å². The second-order valence-electron chi connectivity index (χ2n) is 3.68. The lowest BCUT2D eigenvalue weighted by Crippen LogP contribution is -2.09. The van der Waals surface area contributed by atoms with Crippen LogP contribution in [0.1, 0.15) is 9.67 Å². The summed E-state index contributed by atoms with van der Waals surface area (Å²) in [5.74, 6) is -0.170. The average molecular weight is 329 g/mol. The largest absolute Gasteiger partial charge is 0.297 e. The zero-order valence-corrected chi connectivity index (χ0v) is 12.5. The molecule has 3 rings (SSSR count). The molecule has 0 fully saturated rings. The van der Waals surface area contributed by atoms with Gasteiger partial charge in [-0.25, -0.2) is 4.98 Å². The first-order valence-corrected chi connectivity index (χ1v) is 7.69. The van der Waals surface area contributed by atoms with Crippen LogP contribution in [-0.4, -0.2) is 10.9 Å². The maximum atomic E-state index is 11.9. The van der Waals surface area contributed by atoms with Gasteiger partial charge in [0.1, 0.15) is 5.52 Å². The van der Waals surface area contributed by atoms with Gasteiger partial charge in [0, 0.05) is 5.02 Å². The lowest BCUT2D eigenvalue weighted by Gasteiger charge is -1.96. The Hall–Kier alpha value is -1.14. The van der Waals surface area contributed by atoms with Crippen LogP contribution in [0.15, 0.2) is 29.6 Å². The number of benzene rings is 1. The van der Waals surface area contributed by atoms with Gasteiger partial charge in [-0.3, -0.25) is 10.1 Å². The Morgan fingerprint density at radius 1 is 1.32 bits per heavy atom. The van der Waals surface area contributed by atoms with E-state index < -0.39 is 0 Å². The van der Waals surface area contributed by atoms with E-state index in [0.717, 1.165) is 4.70 Å². The minimum absolute atomic E-state index is 0.170. The number of rotatable bonds is 2. The summed E-state index contributed by atoms with van der Waals surface area (Å²) in [5.41, 5.74) is 0.651. The molecule has 96 valence electrons. The maximum Gasteiger partial charge on any atom is 0.267 e. The molecule has 1 N–H and O–H groups in total. The maximum absolute atomic E-state index is 11.9. The van der Waals surface area contributed by atoms with E-state index in [1.165, 1.54) is 22.7 Å². The van der Waals surface area contributed by atoms with Crippen LogP contribution in [0.2, 0.25) is 10.0 Å². The van der Waals surface area contributed by atoms with Gasteiger partial charge < -0.3 is 0 Å². The van der Waals surface area contributed by atoms with Gasteiger partial charge in [-0.15, -0.1) is 11.3 Å². The van der Waals surface area contributed by atoms with Crippen LogP contribution in [0.25, 0.3) is 10.2 Å². The zero-order valence-electron chi connectivity index (χ0n) is 9.31. The molecule has 0 atom stereocenters. The zero-order chi connectivity index (χ0) is 13.4. The van der Waals surface area contributed by atoms with Crippen molar-refractivity contribution in [2.24, 2.45) is 0 Å². The first-order valence-electron chi connectivity index (χ1n) is 5.24. The molecule has 0 aliphatic rings. The Labute approximate surface area is 126 Å². The first kappa shape index (κ1) is 12.9. The number of hydrogen-bond donors (Lipinski definition) is 1. The smallest absolute Gasteiger partial charge is 0.267 e. The molecular weight excluding hydrogens is 323 g/mol. The van der Waals surface area contributed by atoms with Crippen LogP contribution in [0.4, 0.5) is 5.13 Å². The molecule has 3 aromatic rings. The number of hydrogen-bond acceptors (Lipinski definition) is 4. The Kier molecular flexibility index (Phi) is 3.45. The standard InChI is InChI=1S/C12H6Cl2N2OS2/c13-6-4-7(14)10-9(5-6)19-12(15-10)16-11(17)8-2-1-3-18-8/h1-5H,(H,15,16,17). The number of halogens is 2. The minimum atomic E-state index is -0.170. The van der Waals surface area contributed by atoms with Crippen molar-refractivity contribution in [2.75, 3.05) is 5.32 Å². The highest BCUT2D eigenvalue weighted by Crippen LogP contribution is 2.33. The molecule has 19 heavy (non-hydrogen) atoms. The van der Waals surface area contributed by atoms with Gasteiger partial charge in [0.25, 0.3) is 5.91 Å². The minimum Gasteiger partial charge on any atom is -0.297 e. The topological polar surface area (TPSA) is 42.0 Å². The van der Waals surface area contributed by atoms with Crippen LogP contribution in [0.3, 0.4) is 0 Å². The van der Waals surface area contributed by atoms with Crippen molar-refractivity contribution in [3.05, 3.63) is 44.6 Å². The predicted octanol–water partition coefficient (Wildman–Crippen LogP) is 4.92. The Morgan fingerprint density at radius 3 is 2.89 bits per heavy atom. The number of fused-ring (bicyclic) bond motifs is 1. The Balaban J connectivity index is 1.94. The SMILES string of the molecule is O=C(Nc1nc2c(Cl)cc(Cl)cc2s1)c1cccs1. The van der Waals surface area contributed by atoms with E-state index in [2.05, 4.69) is 10.3 Å². The summed E-state index contributed by atoms with van der Waals surface area (Å²) in [7, 11) is 0. The number of carbonyl (C=O) groups excluding carboxylic acids is 1. The highest BCUT2D eigenvalue weighted by atomic mass is 35.5. The predicted molar refractivity (Wildman–Crippen MR) is 81.9 cm³/mol. The number of thiazole rings is 1. The number of anilines is 1. The summed E-state index contributed by atoms with van der Waals surface area (Å²) in [6.07, 6.45) is 0. The summed E-state index contributed by atoms with van der Waals surface area (Å²) in [6.45, 7) is 0. The van der Waals surface area contributed by atoms with Crippen LogP contribution in [0, 0.1) is 0 Å². The van der Waals surface area contributed by atoms with Crippen molar-refractivity contribution >= 4 is 67.1 Å². The summed E-state index contributed by atoms with van der Waals surface area (Å²) in [6, 6.07) is 7.00. The number of aromatic nitrogens is 1. The van der Waals surface area contributed by atoms with E-state index in [1.807, 2.05) is 11.4 Å². The molecule has 0 spiro atoms. The summed E-state index contributed by atoms with van der Waals surface area (Å²) >= 11 is 14.7. The molecule has 0 bridgehead atoms. The van der Waals surface area contributed by atoms with Crippen LogP contribution < -0.4 is 5.32 Å². The van der Waals surface area contributed by atoms with Gasteiger partial charge >= 0.3 is 0 Å². The second kappa shape index (κ2) is 5.09. The number of nitrogens with one attached hydrogen (secondary N) is 1. The fourth-order valence-corrected chi connectivity index (χ4v) is 3.78. The van der Waals surface area contributed by atoms with Crippen molar-refractivity contribution in [1.82, 2.24) is 4.98 Å². The fraction of sp³-hybridized carbons (Fsp3) is 0. The first-order chi connectivity index (χ1) is 9.13. The van der Waals surface area contributed by atoms with Crippen LogP contribution in [0.5, 0.6) is 0 Å². The molecule has 0 unspecified atom stereocenters.